The maximum atomic E-state index is 12.9. The standard InChI is InChI=1S/C22H24N2O4/c1-24-15-7-3-9-17(25)21(15)20(22-16(24)8-4-10-18(22)26)13-5-2-6-14(11-13)28-12-19(23)27/h2,5-6,11,20H,3-4,7-10,12H2,1H3,(H2,23,27). The Kier molecular flexibility index (Phi) is 4.79. The first kappa shape index (κ1) is 18.5. The molecule has 1 aromatic carbocycles. The van der Waals surface area contributed by atoms with Crippen LogP contribution in [0.5, 0.6) is 5.75 Å². The lowest BCUT2D eigenvalue weighted by Crippen LogP contribution is -2.37. The molecule has 0 atom stereocenters. The highest BCUT2D eigenvalue weighted by Gasteiger charge is 2.42. The predicted octanol–water partition coefficient (Wildman–Crippen LogP) is 2.59. The summed E-state index contributed by atoms with van der Waals surface area (Å²) in [5.41, 5.74) is 9.59. The Balaban J connectivity index is 1.84. The van der Waals surface area contributed by atoms with Crippen molar-refractivity contribution in [1.82, 2.24) is 4.90 Å². The summed E-state index contributed by atoms with van der Waals surface area (Å²) >= 11 is 0. The molecule has 2 aliphatic carbocycles. The number of benzene rings is 1. The van der Waals surface area contributed by atoms with Crippen molar-refractivity contribution in [3.63, 3.8) is 0 Å². The maximum Gasteiger partial charge on any atom is 0.255 e. The van der Waals surface area contributed by atoms with Gasteiger partial charge in [0.1, 0.15) is 5.75 Å². The Morgan fingerprint density at radius 2 is 1.68 bits per heavy atom. The zero-order valence-corrected chi connectivity index (χ0v) is 16.0. The van der Waals surface area contributed by atoms with Crippen molar-refractivity contribution in [2.75, 3.05) is 13.7 Å². The van der Waals surface area contributed by atoms with E-state index in [2.05, 4.69) is 4.90 Å². The molecule has 3 aliphatic rings. The zero-order valence-electron chi connectivity index (χ0n) is 16.0. The lowest BCUT2D eigenvalue weighted by Gasteiger charge is -2.42. The van der Waals surface area contributed by atoms with E-state index in [1.807, 2.05) is 25.2 Å². The molecule has 1 amide bonds. The third-order valence-corrected chi connectivity index (χ3v) is 5.82. The molecule has 1 aromatic rings. The highest BCUT2D eigenvalue weighted by atomic mass is 16.5. The van der Waals surface area contributed by atoms with Crippen LogP contribution in [0.15, 0.2) is 46.8 Å². The molecule has 1 heterocycles. The van der Waals surface area contributed by atoms with Crippen molar-refractivity contribution >= 4 is 17.5 Å². The number of allylic oxidation sites excluding steroid dienone is 4. The summed E-state index contributed by atoms with van der Waals surface area (Å²) in [7, 11) is 1.98. The number of hydrogen-bond acceptors (Lipinski definition) is 5. The summed E-state index contributed by atoms with van der Waals surface area (Å²) in [5.74, 6) is -0.174. The average Bonchev–Trinajstić information content (AvgIpc) is 2.68. The molecule has 0 bridgehead atoms. The highest BCUT2D eigenvalue weighted by molar-refractivity contribution is 6.06. The second kappa shape index (κ2) is 7.26. The predicted molar refractivity (Wildman–Crippen MR) is 103 cm³/mol. The number of nitrogens with zero attached hydrogens (tertiary/aromatic N) is 1. The van der Waals surface area contributed by atoms with Gasteiger partial charge in [-0.2, -0.15) is 0 Å². The number of ether oxygens (including phenoxy) is 1. The number of primary amides is 1. The van der Waals surface area contributed by atoms with Crippen LogP contribution in [0.3, 0.4) is 0 Å². The molecule has 28 heavy (non-hydrogen) atoms. The molecule has 6 nitrogen and oxygen atoms in total. The van der Waals surface area contributed by atoms with Crippen LogP contribution < -0.4 is 10.5 Å². The summed E-state index contributed by atoms with van der Waals surface area (Å²) in [4.78, 5) is 39.0. The van der Waals surface area contributed by atoms with Crippen LogP contribution in [0, 0.1) is 0 Å². The molecule has 0 saturated heterocycles. The van der Waals surface area contributed by atoms with Gasteiger partial charge in [0.15, 0.2) is 18.2 Å². The monoisotopic (exact) mass is 380 g/mol. The molecule has 146 valence electrons. The Morgan fingerprint density at radius 3 is 2.25 bits per heavy atom. The topological polar surface area (TPSA) is 89.7 Å². The van der Waals surface area contributed by atoms with E-state index < -0.39 is 5.91 Å². The van der Waals surface area contributed by atoms with E-state index in [1.165, 1.54) is 0 Å². The fraction of sp³-hybridized carbons (Fsp3) is 0.409. The minimum absolute atomic E-state index is 0.117. The first-order valence-electron chi connectivity index (χ1n) is 9.74. The van der Waals surface area contributed by atoms with Gasteiger partial charge in [0.25, 0.3) is 5.91 Å². The van der Waals surface area contributed by atoms with E-state index in [1.54, 1.807) is 6.07 Å². The molecule has 1 aliphatic heterocycles. The Bertz CT molecular complexity index is 884. The lowest BCUT2D eigenvalue weighted by molar-refractivity contribution is -0.120. The summed E-state index contributed by atoms with van der Waals surface area (Å²) in [5, 5.41) is 0. The van der Waals surface area contributed by atoms with Crippen molar-refractivity contribution < 1.29 is 19.1 Å². The summed E-state index contributed by atoms with van der Waals surface area (Å²) in [6.07, 6.45) is 4.39. The average molecular weight is 380 g/mol. The van der Waals surface area contributed by atoms with Crippen LogP contribution in [0.25, 0.3) is 0 Å². The molecule has 0 aromatic heterocycles. The number of nitrogens with two attached hydrogens (primary N) is 1. The number of Topliss-reactive ketones (excluding diaryl/α,β-unsaturated/α-hetero) is 2. The van der Waals surface area contributed by atoms with Crippen LogP contribution in [-0.2, 0) is 14.4 Å². The van der Waals surface area contributed by atoms with E-state index >= 15 is 0 Å². The minimum Gasteiger partial charge on any atom is -0.484 e. The van der Waals surface area contributed by atoms with Gasteiger partial charge in [0.2, 0.25) is 0 Å². The van der Waals surface area contributed by atoms with Crippen LogP contribution >= 0.6 is 0 Å². The number of rotatable bonds is 4. The fourth-order valence-corrected chi connectivity index (χ4v) is 4.62. The van der Waals surface area contributed by atoms with Gasteiger partial charge < -0.3 is 15.4 Å². The van der Waals surface area contributed by atoms with Gasteiger partial charge in [-0.15, -0.1) is 0 Å². The van der Waals surface area contributed by atoms with Gasteiger partial charge in [0, 0.05) is 48.3 Å². The second-order valence-corrected chi connectivity index (χ2v) is 7.59. The molecular weight excluding hydrogens is 356 g/mol. The smallest absolute Gasteiger partial charge is 0.255 e. The third kappa shape index (κ3) is 3.13. The van der Waals surface area contributed by atoms with Gasteiger partial charge >= 0.3 is 0 Å². The van der Waals surface area contributed by atoms with Crippen molar-refractivity contribution in [3.8, 4) is 5.75 Å². The Hall–Kier alpha value is -2.89. The largest absolute Gasteiger partial charge is 0.484 e. The molecule has 6 heteroatoms. The number of amides is 1. The zero-order chi connectivity index (χ0) is 19.8. The van der Waals surface area contributed by atoms with Gasteiger partial charge in [-0.3, -0.25) is 14.4 Å². The fourth-order valence-electron chi connectivity index (χ4n) is 4.62. The van der Waals surface area contributed by atoms with Crippen LogP contribution in [0.2, 0.25) is 0 Å². The van der Waals surface area contributed by atoms with E-state index in [0.717, 1.165) is 53.8 Å². The van der Waals surface area contributed by atoms with Crippen molar-refractivity contribution in [1.29, 1.82) is 0 Å². The molecule has 0 spiro atoms. The first-order chi connectivity index (χ1) is 13.5. The lowest BCUT2D eigenvalue weighted by atomic mass is 9.71. The van der Waals surface area contributed by atoms with Crippen molar-refractivity contribution in [2.45, 2.75) is 44.4 Å². The third-order valence-electron chi connectivity index (χ3n) is 5.82. The molecule has 0 fully saturated rings. The van der Waals surface area contributed by atoms with Crippen molar-refractivity contribution in [3.05, 3.63) is 52.4 Å². The Morgan fingerprint density at radius 1 is 1.07 bits per heavy atom. The molecule has 0 saturated carbocycles. The number of carbonyl (C=O) groups excluding carboxylic acids is 3. The molecule has 0 radical (unpaired) electrons. The van der Waals surface area contributed by atoms with Crippen LogP contribution in [0.1, 0.15) is 50.0 Å². The summed E-state index contributed by atoms with van der Waals surface area (Å²) < 4.78 is 5.46. The number of ketones is 2. The van der Waals surface area contributed by atoms with Gasteiger partial charge in [-0.25, -0.2) is 0 Å². The highest BCUT2D eigenvalue weighted by Crippen LogP contribution is 2.48. The van der Waals surface area contributed by atoms with E-state index in [4.69, 9.17) is 10.5 Å². The number of carbonyl (C=O) groups is 3. The maximum absolute atomic E-state index is 12.9. The first-order valence-corrected chi connectivity index (χ1v) is 9.74. The van der Waals surface area contributed by atoms with Crippen LogP contribution in [0.4, 0.5) is 0 Å². The summed E-state index contributed by atoms with van der Waals surface area (Å²) in [6, 6.07) is 7.31. The molecular formula is C22H24N2O4. The van der Waals surface area contributed by atoms with E-state index in [-0.39, 0.29) is 24.1 Å². The molecule has 4 rings (SSSR count). The molecule has 0 unspecified atom stereocenters. The number of hydrogen-bond donors (Lipinski definition) is 1. The normalized spacial score (nSPS) is 20.2. The van der Waals surface area contributed by atoms with Gasteiger partial charge in [-0.05, 0) is 43.4 Å². The van der Waals surface area contributed by atoms with E-state index in [9.17, 15) is 14.4 Å². The minimum atomic E-state index is -0.551. The van der Waals surface area contributed by atoms with Crippen LogP contribution in [-0.4, -0.2) is 36.0 Å². The second-order valence-electron chi connectivity index (χ2n) is 7.59. The Labute approximate surface area is 164 Å². The quantitative estimate of drug-likeness (QED) is 0.867. The molecule has 2 N–H and O–H groups in total. The SMILES string of the molecule is CN1C2=C(C(=O)CCC2)C(c2cccc(OCC(N)=O)c2)C2=C1CCCC2=O. The summed E-state index contributed by atoms with van der Waals surface area (Å²) in [6.45, 7) is -0.212. The van der Waals surface area contributed by atoms with Gasteiger partial charge in [0.05, 0.1) is 0 Å². The van der Waals surface area contributed by atoms with Crippen molar-refractivity contribution in [2.24, 2.45) is 5.73 Å². The van der Waals surface area contributed by atoms with Gasteiger partial charge in [-0.1, -0.05) is 12.1 Å². The van der Waals surface area contributed by atoms with E-state index in [0.29, 0.717) is 18.6 Å².